The first-order chi connectivity index (χ1) is 9.05. The van der Waals surface area contributed by atoms with Crippen LogP contribution in [0.25, 0.3) is 0 Å². The van der Waals surface area contributed by atoms with Gasteiger partial charge in [0.15, 0.2) is 5.96 Å². The van der Waals surface area contributed by atoms with Crippen LogP contribution in [0.5, 0.6) is 0 Å². The summed E-state index contributed by atoms with van der Waals surface area (Å²) in [6, 6.07) is 0.692. The second-order valence-electron chi connectivity index (χ2n) is 6.69. The van der Waals surface area contributed by atoms with E-state index in [1.54, 1.807) is 0 Å². The zero-order chi connectivity index (χ0) is 13.9. The van der Waals surface area contributed by atoms with Crippen molar-refractivity contribution in [1.82, 2.24) is 15.1 Å². The first-order valence-electron chi connectivity index (χ1n) is 7.75. The molecule has 2 rings (SSSR count). The highest BCUT2D eigenvalue weighted by molar-refractivity contribution is 5.80. The summed E-state index contributed by atoms with van der Waals surface area (Å²) >= 11 is 0. The van der Waals surface area contributed by atoms with Gasteiger partial charge in [-0.05, 0) is 37.8 Å². The first kappa shape index (κ1) is 14.6. The Morgan fingerprint density at radius 3 is 2.74 bits per heavy atom. The van der Waals surface area contributed by atoms with E-state index in [4.69, 9.17) is 0 Å². The number of likely N-dealkylation sites (tertiary alicyclic amines) is 2. The number of nitrogens with zero attached hydrogens (tertiary/aromatic N) is 3. The third-order valence-corrected chi connectivity index (χ3v) is 4.59. The summed E-state index contributed by atoms with van der Waals surface area (Å²) < 4.78 is 0. The van der Waals surface area contributed by atoms with Crippen molar-refractivity contribution in [3.05, 3.63) is 0 Å². The lowest BCUT2D eigenvalue weighted by molar-refractivity contribution is 0.265. The van der Waals surface area contributed by atoms with Crippen LogP contribution in [0.3, 0.4) is 0 Å². The first-order valence-corrected chi connectivity index (χ1v) is 7.75. The van der Waals surface area contributed by atoms with Crippen molar-refractivity contribution < 1.29 is 0 Å². The third-order valence-electron chi connectivity index (χ3n) is 4.59. The number of aliphatic imine (C=N–C) groups is 1. The molecule has 2 saturated heterocycles. The van der Waals surface area contributed by atoms with Crippen molar-refractivity contribution in [1.29, 1.82) is 0 Å². The molecule has 2 heterocycles. The van der Waals surface area contributed by atoms with Gasteiger partial charge in [0.25, 0.3) is 0 Å². The Kier molecular flexibility index (Phi) is 4.71. The summed E-state index contributed by atoms with van der Waals surface area (Å²) in [5.74, 6) is 1.09. The molecular formula is C15H30N4. The molecule has 0 aromatic heterocycles. The molecule has 0 aliphatic carbocycles. The smallest absolute Gasteiger partial charge is 0.193 e. The van der Waals surface area contributed by atoms with Gasteiger partial charge < -0.3 is 10.2 Å². The topological polar surface area (TPSA) is 30.9 Å². The molecule has 0 bridgehead atoms. The van der Waals surface area contributed by atoms with Crippen molar-refractivity contribution >= 4 is 5.96 Å². The molecule has 2 aliphatic heterocycles. The van der Waals surface area contributed by atoms with Crippen LogP contribution >= 0.6 is 0 Å². The maximum Gasteiger partial charge on any atom is 0.193 e. The summed E-state index contributed by atoms with van der Waals surface area (Å²) in [4.78, 5) is 9.45. The molecule has 0 aromatic rings. The van der Waals surface area contributed by atoms with E-state index in [-0.39, 0.29) is 0 Å². The molecule has 1 N–H and O–H groups in total. The monoisotopic (exact) mass is 266 g/mol. The maximum atomic E-state index is 4.46. The van der Waals surface area contributed by atoms with Gasteiger partial charge in [-0.2, -0.15) is 0 Å². The lowest BCUT2D eigenvalue weighted by atomic mass is 9.93. The van der Waals surface area contributed by atoms with Crippen LogP contribution in [0.15, 0.2) is 4.99 Å². The molecule has 0 radical (unpaired) electrons. The number of likely N-dealkylation sites (N-methyl/N-ethyl adjacent to an activating group) is 1. The molecule has 2 fully saturated rings. The quantitative estimate of drug-likeness (QED) is 0.624. The summed E-state index contributed by atoms with van der Waals surface area (Å²) in [7, 11) is 1.90. The molecule has 0 amide bonds. The second kappa shape index (κ2) is 6.12. The van der Waals surface area contributed by atoms with Crippen LogP contribution in [-0.2, 0) is 0 Å². The van der Waals surface area contributed by atoms with Crippen LogP contribution in [0, 0.1) is 5.41 Å². The SMILES string of the molecule is CCN1CCCC1CNC(=NC)N1CCC(C)(C)C1. The highest BCUT2D eigenvalue weighted by Gasteiger charge is 2.31. The van der Waals surface area contributed by atoms with Gasteiger partial charge in [0.2, 0.25) is 0 Å². The number of nitrogens with one attached hydrogen (secondary N) is 1. The van der Waals surface area contributed by atoms with Gasteiger partial charge in [0.1, 0.15) is 0 Å². The van der Waals surface area contributed by atoms with E-state index in [0.29, 0.717) is 11.5 Å². The van der Waals surface area contributed by atoms with Gasteiger partial charge in [-0.15, -0.1) is 0 Å². The summed E-state index contributed by atoms with van der Waals surface area (Å²) in [5.41, 5.74) is 0.431. The van der Waals surface area contributed by atoms with Crippen LogP contribution in [0.1, 0.15) is 40.0 Å². The molecular weight excluding hydrogens is 236 g/mol. The zero-order valence-corrected chi connectivity index (χ0v) is 13.1. The van der Waals surface area contributed by atoms with Crippen LogP contribution < -0.4 is 5.32 Å². The summed E-state index contributed by atoms with van der Waals surface area (Å²) in [6.45, 7) is 12.7. The third kappa shape index (κ3) is 3.62. The molecule has 0 saturated carbocycles. The Balaban J connectivity index is 1.84. The van der Waals surface area contributed by atoms with E-state index in [2.05, 4.69) is 40.9 Å². The van der Waals surface area contributed by atoms with Gasteiger partial charge in [-0.3, -0.25) is 9.89 Å². The molecule has 19 heavy (non-hydrogen) atoms. The molecule has 1 unspecified atom stereocenters. The van der Waals surface area contributed by atoms with E-state index in [1.165, 1.54) is 32.4 Å². The minimum atomic E-state index is 0.431. The lowest BCUT2D eigenvalue weighted by Crippen LogP contribution is -2.46. The van der Waals surface area contributed by atoms with Crippen molar-refractivity contribution in [3.8, 4) is 0 Å². The predicted octanol–water partition coefficient (Wildman–Crippen LogP) is 1.78. The summed E-state index contributed by atoms with van der Waals surface area (Å²) in [5, 5.41) is 3.59. The molecule has 1 atom stereocenters. The van der Waals surface area contributed by atoms with Gasteiger partial charge in [0.05, 0.1) is 0 Å². The van der Waals surface area contributed by atoms with Gasteiger partial charge in [-0.1, -0.05) is 20.8 Å². The average Bonchev–Trinajstić information content (AvgIpc) is 2.96. The minimum absolute atomic E-state index is 0.431. The standard InChI is InChI=1S/C15H30N4/c1-5-18-9-6-7-13(18)11-17-14(16-4)19-10-8-15(2,3)12-19/h13H,5-12H2,1-4H3,(H,16,17). The van der Waals surface area contributed by atoms with Crippen molar-refractivity contribution in [2.75, 3.05) is 39.8 Å². The Morgan fingerprint density at radius 1 is 1.37 bits per heavy atom. The molecule has 0 spiro atoms. The second-order valence-corrected chi connectivity index (χ2v) is 6.69. The molecule has 110 valence electrons. The van der Waals surface area contributed by atoms with E-state index in [0.717, 1.165) is 25.6 Å². The van der Waals surface area contributed by atoms with E-state index in [1.807, 2.05) is 7.05 Å². The Labute approximate surface area is 118 Å². The molecule has 0 aromatic carbocycles. The fourth-order valence-corrected chi connectivity index (χ4v) is 3.38. The van der Waals surface area contributed by atoms with Gasteiger partial charge >= 0.3 is 0 Å². The number of hydrogen-bond donors (Lipinski definition) is 1. The van der Waals surface area contributed by atoms with E-state index >= 15 is 0 Å². The van der Waals surface area contributed by atoms with Crippen molar-refractivity contribution in [3.63, 3.8) is 0 Å². The van der Waals surface area contributed by atoms with Crippen LogP contribution in [-0.4, -0.2) is 61.6 Å². The minimum Gasteiger partial charge on any atom is -0.355 e. The lowest BCUT2D eigenvalue weighted by Gasteiger charge is -2.27. The van der Waals surface area contributed by atoms with Crippen molar-refractivity contribution in [2.45, 2.75) is 46.1 Å². The summed E-state index contributed by atoms with van der Waals surface area (Å²) in [6.07, 6.45) is 3.93. The van der Waals surface area contributed by atoms with Gasteiger partial charge in [0, 0.05) is 32.7 Å². The number of guanidine groups is 1. The van der Waals surface area contributed by atoms with E-state index < -0.39 is 0 Å². The highest BCUT2D eigenvalue weighted by Crippen LogP contribution is 2.28. The zero-order valence-electron chi connectivity index (χ0n) is 13.1. The Bertz CT molecular complexity index is 324. The fourth-order valence-electron chi connectivity index (χ4n) is 3.38. The van der Waals surface area contributed by atoms with Crippen LogP contribution in [0.2, 0.25) is 0 Å². The highest BCUT2D eigenvalue weighted by atomic mass is 15.3. The van der Waals surface area contributed by atoms with Crippen LogP contribution in [0.4, 0.5) is 0 Å². The average molecular weight is 266 g/mol. The van der Waals surface area contributed by atoms with E-state index in [9.17, 15) is 0 Å². The molecule has 4 heteroatoms. The number of hydrogen-bond acceptors (Lipinski definition) is 2. The largest absolute Gasteiger partial charge is 0.355 e. The fraction of sp³-hybridized carbons (Fsp3) is 0.933. The van der Waals surface area contributed by atoms with Crippen molar-refractivity contribution in [2.24, 2.45) is 10.4 Å². The predicted molar refractivity (Wildman–Crippen MR) is 81.6 cm³/mol. The Morgan fingerprint density at radius 2 is 2.16 bits per heavy atom. The molecule has 4 nitrogen and oxygen atoms in total. The van der Waals surface area contributed by atoms with Gasteiger partial charge in [-0.25, -0.2) is 0 Å². The maximum absolute atomic E-state index is 4.46. The Hall–Kier alpha value is -0.770. The number of rotatable bonds is 3. The normalized spacial score (nSPS) is 28.1. The molecule has 2 aliphatic rings.